The molecule has 0 aromatic heterocycles. The Bertz CT molecular complexity index is 202. The van der Waals surface area contributed by atoms with E-state index in [9.17, 15) is 5.11 Å². The lowest BCUT2D eigenvalue weighted by molar-refractivity contribution is -0.0680. The molecule has 3 heteroatoms. The molecule has 2 heterocycles. The molecule has 2 rings (SSSR count). The summed E-state index contributed by atoms with van der Waals surface area (Å²) in [7, 11) is 0. The third-order valence-electron chi connectivity index (χ3n) is 3.79. The number of ether oxygens (including phenoxy) is 1. The molecule has 0 saturated carbocycles. The molecule has 0 aromatic carbocycles. The van der Waals surface area contributed by atoms with E-state index in [4.69, 9.17) is 4.74 Å². The van der Waals surface area contributed by atoms with Gasteiger partial charge in [-0.25, -0.2) is 0 Å². The van der Waals surface area contributed by atoms with E-state index in [0.29, 0.717) is 5.41 Å². The van der Waals surface area contributed by atoms with Crippen LogP contribution < -0.4 is 0 Å². The monoisotopic (exact) mass is 213 g/mol. The highest BCUT2D eigenvalue weighted by atomic mass is 16.5. The van der Waals surface area contributed by atoms with Crippen molar-refractivity contribution in [1.29, 1.82) is 0 Å². The van der Waals surface area contributed by atoms with Crippen molar-refractivity contribution in [3.05, 3.63) is 0 Å². The van der Waals surface area contributed by atoms with E-state index < -0.39 is 0 Å². The first-order chi connectivity index (χ1) is 7.24. The highest BCUT2D eigenvalue weighted by Crippen LogP contribution is 2.39. The second-order valence-corrected chi connectivity index (χ2v) is 5.21. The Balaban J connectivity index is 1.98. The van der Waals surface area contributed by atoms with Gasteiger partial charge in [0.15, 0.2) is 0 Å². The van der Waals surface area contributed by atoms with Crippen molar-refractivity contribution < 1.29 is 9.84 Å². The predicted octanol–water partition coefficient (Wildman–Crippen LogP) is 1.26. The molecular weight excluding hydrogens is 190 g/mol. The van der Waals surface area contributed by atoms with Crippen molar-refractivity contribution in [1.82, 2.24) is 4.90 Å². The summed E-state index contributed by atoms with van der Waals surface area (Å²) < 4.78 is 5.43. The van der Waals surface area contributed by atoms with Crippen molar-refractivity contribution >= 4 is 0 Å². The normalized spacial score (nSPS) is 32.0. The van der Waals surface area contributed by atoms with Crippen molar-refractivity contribution in [2.75, 3.05) is 32.8 Å². The molecule has 0 aromatic rings. The van der Waals surface area contributed by atoms with E-state index in [2.05, 4.69) is 11.8 Å². The van der Waals surface area contributed by atoms with Crippen LogP contribution >= 0.6 is 0 Å². The average molecular weight is 213 g/mol. The fraction of sp³-hybridized carbons (Fsp3) is 1.00. The molecule has 88 valence electrons. The molecule has 0 radical (unpaired) electrons. The molecule has 3 nitrogen and oxygen atoms in total. The molecule has 0 aliphatic carbocycles. The fourth-order valence-electron chi connectivity index (χ4n) is 3.12. The van der Waals surface area contributed by atoms with Crippen LogP contribution in [0, 0.1) is 5.41 Å². The summed E-state index contributed by atoms with van der Waals surface area (Å²) in [4.78, 5) is 2.43. The van der Waals surface area contributed by atoms with E-state index in [1.807, 2.05) is 0 Å². The number of nitrogens with zero attached hydrogens (tertiary/aromatic N) is 1. The van der Waals surface area contributed by atoms with Gasteiger partial charge in [-0.3, -0.25) is 0 Å². The Kier molecular flexibility index (Phi) is 3.65. The third kappa shape index (κ3) is 2.71. The van der Waals surface area contributed by atoms with Crippen LogP contribution in [-0.4, -0.2) is 49.0 Å². The lowest BCUT2D eigenvalue weighted by Gasteiger charge is -2.47. The minimum atomic E-state index is -0.122. The van der Waals surface area contributed by atoms with Crippen LogP contribution in [0.4, 0.5) is 0 Å². The molecule has 2 fully saturated rings. The molecule has 1 atom stereocenters. The largest absolute Gasteiger partial charge is 0.392 e. The van der Waals surface area contributed by atoms with Crippen LogP contribution in [-0.2, 0) is 4.74 Å². The van der Waals surface area contributed by atoms with Crippen molar-refractivity contribution in [3.63, 3.8) is 0 Å². The first-order valence-corrected chi connectivity index (χ1v) is 6.22. The molecule has 0 bridgehead atoms. The van der Waals surface area contributed by atoms with Crippen molar-refractivity contribution in [2.45, 2.75) is 38.7 Å². The first-order valence-electron chi connectivity index (χ1n) is 6.22. The van der Waals surface area contributed by atoms with Gasteiger partial charge in [0, 0.05) is 26.3 Å². The minimum absolute atomic E-state index is 0.122. The lowest BCUT2D eigenvalue weighted by atomic mass is 9.73. The second kappa shape index (κ2) is 4.81. The standard InChI is InChI=1S/C12H23NO2/c1-2-5-13-9-11(14)8-12(10-13)3-6-15-7-4-12/h11,14H,2-10H2,1H3. The van der Waals surface area contributed by atoms with E-state index in [-0.39, 0.29) is 6.10 Å². The van der Waals surface area contributed by atoms with Crippen LogP contribution in [0.5, 0.6) is 0 Å². The fourth-order valence-corrected chi connectivity index (χ4v) is 3.12. The second-order valence-electron chi connectivity index (χ2n) is 5.21. The number of β-amino-alcohol motifs (C(OH)–C–C–N with tert-alkyl or cyclic N) is 1. The summed E-state index contributed by atoms with van der Waals surface area (Å²) in [5.41, 5.74) is 0.352. The molecule has 1 N–H and O–H groups in total. The zero-order valence-electron chi connectivity index (χ0n) is 9.74. The maximum Gasteiger partial charge on any atom is 0.0672 e. The first kappa shape index (κ1) is 11.4. The summed E-state index contributed by atoms with van der Waals surface area (Å²) in [6.45, 7) is 7.13. The Labute approximate surface area is 92.4 Å². The third-order valence-corrected chi connectivity index (χ3v) is 3.79. The van der Waals surface area contributed by atoms with Gasteiger partial charge in [0.2, 0.25) is 0 Å². The van der Waals surface area contributed by atoms with Gasteiger partial charge in [0.05, 0.1) is 6.10 Å². The Morgan fingerprint density at radius 2 is 2.13 bits per heavy atom. The van der Waals surface area contributed by atoms with Gasteiger partial charge in [-0.2, -0.15) is 0 Å². The topological polar surface area (TPSA) is 32.7 Å². The molecule has 1 spiro atoms. The molecule has 2 aliphatic rings. The smallest absolute Gasteiger partial charge is 0.0672 e. The van der Waals surface area contributed by atoms with Crippen molar-refractivity contribution in [2.24, 2.45) is 5.41 Å². The summed E-state index contributed by atoms with van der Waals surface area (Å²) in [5.74, 6) is 0. The molecule has 2 saturated heterocycles. The van der Waals surface area contributed by atoms with Crippen LogP contribution in [0.25, 0.3) is 0 Å². The van der Waals surface area contributed by atoms with Crippen molar-refractivity contribution in [3.8, 4) is 0 Å². The molecular formula is C12H23NO2. The van der Waals surface area contributed by atoms with E-state index in [0.717, 1.165) is 45.6 Å². The van der Waals surface area contributed by atoms with Gasteiger partial charge < -0.3 is 14.7 Å². The van der Waals surface area contributed by atoms with Gasteiger partial charge in [-0.1, -0.05) is 6.92 Å². The van der Waals surface area contributed by atoms with Crippen LogP contribution in [0.2, 0.25) is 0 Å². The summed E-state index contributed by atoms with van der Waals surface area (Å²) in [6.07, 6.45) is 4.30. The van der Waals surface area contributed by atoms with E-state index >= 15 is 0 Å². The Hall–Kier alpha value is -0.120. The summed E-state index contributed by atoms with van der Waals surface area (Å²) in [6, 6.07) is 0. The number of aliphatic hydroxyl groups excluding tert-OH is 1. The molecule has 2 aliphatic heterocycles. The van der Waals surface area contributed by atoms with Gasteiger partial charge in [-0.15, -0.1) is 0 Å². The Morgan fingerprint density at radius 3 is 2.80 bits per heavy atom. The number of piperidine rings is 1. The average Bonchev–Trinajstić information content (AvgIpc) is 2.17. The molecule has 15 heavy (non-hydrogen) atoms. The quantitative estimate of drug-likeness (QED) is 0.749. The van der Waals surface area contributed by atoms with Gasteiger partial charge in [0.1, 0.15) is 0 Å². The summed E-state index contributed by atoms with van der Waals surface area (Å²) >= 11 is 0. The van der Waals surface area contributed by atoms with Crippen LogP contribution in [0.1, 0.15) is 32.6 Å². The minimum Gasteiger partial charge on any atom is -0.392 e. The predicted molar refractivity (Wildman–Crippen MR) is 59.8 cm³/mol. The Morgan fingerprint density at radius 1 is 1.40 bits per heavy atom. The summed E-state index contributed by atoms with van der Waals surface area (Å²) in [5, 5.41) is 9.94. The van der Waals surface area contributed by atoms with Crippen LogP contribution in [0.15, 0.2) is 0 Å². The maximum atomic E-state index is 9.94. The van der Waals surface area contributed by atoms with Gasteiger partial charge in [-0.05, 0) is 37.6 Å². The number of hydrogen-bond acceptors (Lipinski definition) is 3. The molecule has 0 amide bonds. The number of hydrogen-bond donors (Lipinski definition) is 1. The molecule has 1 unspecified atom stereocenters. The number of likely N-dealkylation sites (tertiary alicyclic amines) is 1. The number of aliphatic hydroxyl groups is 1. The zero-order valence-corrected chi connectivity index (χ0v) is 9.74. The van der Waals surface area contributed by atoms with Crippen LogP contribution in [0.3, 0.4) is 0 Å². The SMILES string of the molecule is CCCN1CC(O)CC2(CCOCC2)C1. The zero-order chi connectivity index (χ0) is 10.7. The van der Waals surface area contributed by atoms with Gasteiger partial charge >= 0.3 is 0 Å². The maximum absolute atomic E-state index is 9.94. The van der Waals surface area contributed by atoms with Gasteiger partial charge in [0.25, 0.3) is 0 Å². The van der Waals surface area contributed by atoms with E-state index in [1.54, 1.807) is 0 Å². The van der Waals surface area contributed by atoms with E-state index in [1.165, 1.54) is 13.0 Å². The number of rotatable bonds is 2. The highest BCUT2D eigenvalue weighted by molar-refractivity contribution is 4.92. The highest BCUT2D eigenvalue weighted by Gasteiger charge is 2.39. The lowest BCUT2D eigenvalue weighted by Crippen LogP contribution is -2.51.